The average Bonchev–Trinajstić information content (AvgIpc) is 3.27. The lowest BCUT2D eigenvalue weighted by Gasteiger charge is -2.23. The third-order valence-electron chi connectivity index (χ3n) is 4.90. The number of likely N-dealkylation sites (tertiary alicyclic amines) is 1. The van der Waals surface area contributed by atoms with Crippen molar-refractivity contribution in [2.45, 2.75) is 32.4 Å². The van der Waals surface area contributed by atoms with Gasteiger partial charge in [0.2, 0.25) is 11.8 Å². The normalized spacial score (nSPS) is 24.8. The maximum atomic E-state index is 12.1. The quantitative estimate of drug-likeness (QED) is 0.788. The number of aryl methyl sites for hydroxylation is 1. The number of hydrogen-bond acceptors (Lipinski definition) is 6. The van der Waals surface area contributed by atoms with Crippen molar-refractivity contribution in [3.63, 3.8) is 0 Å². The molecular weight excluding hydrogens is 308 g/mol. The van der Waals surface area contributed by atoms with E-state index >= 15 is 0 Å². The molecule has 0 bridgehead atoms. The Morgan fingerprint density at radius 3 is 3.08 bits per heavy atom. The fourth-order valence-electron chi connectivity index (χ4n) is 3.39. The van der Waals surface area contributed by atoms with Crippen molar-refractivity contribution < 1.29 is 13.9 Å². The molecule has 7 heteroatoms. The monoisotopic (exact) mass is 336 g/mol. The van der Waals surface area contributed by atoms with Gasteiger partial charge in [0, 0.05) is 38.2 Å². The number of oxazole rings is 1. The smallest absolute Gasteiger partial charge is 0.234 e. The number of amides is 1. The van der Waals surface area contributed by atoms with Gasteiger partial charge >= 0.3 is 0 Å². The molecule has 1 amide bonds. The highest BCUT2D eigenvalue weighted by Crippen LogP contribution is 2.16. The Balaban J connectivity index is 1.37. The minimum absolute atomic E-state index is 0.119. The zero-order chi connectivity index (χ0) is 16.9. The van der Waals surface area contributed by atoms with Crippen molar-refractivity contribution in [2.24, 2.45) is 5.92 Å². The van der Waals surface area contributed by atoms with Crippen LogP contribution in [0.1, 0.15) is 24.5 Å². The maximum Gasteiger partial charge on any atom is 0.234 e. The van der Waals surface area contributed by atoms with Crippen LogP contribution in [0.25, 0.3) is 0 Å². The summed E-state index contributed by atoms with van der Waals surface area (Å²) in [6, 6.07) is 0.438. The van der Waals surface area contributed by atoms with Gasteiger partial charge < -0.3 is 14.5 Å². The highest BCUT2D eigenvalue weighted by molar-refractivity contribution is 5.78. The molecule has 0 saturated carbocycles. The Hall–Kier alpha value is -1.44. The molecule has 7 nitrogen and oxygen atoms in total. The van der Waals surface area contributed by atoms with Gasteiger partial charge in [-0.05, 0) is 26.8 Å². The average molecular weight is 336 g/mol. The van der Waals surface area contributed by atoms with E-state index in [-0.39, 0.29) is 5.91 Å². The first kappa shape index (κ1) is 17.4. The predicted molar refractivity (Wildman–Crippen MR) is 89.5 cm³/mol. The van der Waals surface area contributed by atoms with Crippen molar-refractivity contribution in [2.75, 3.05) is 46.4 Å². The summed E-state index contributed by atoms with van der Waals surface area (Å²) >= 11 is 0. The standard InChI is InChI=1S/C17H28N4O3/c1-13-7-19-17(24-13)11-20(2)15-3-5-21(9-15)10-16(22)18-8-14-4-6-23-12-14/h7,14-15H,3-6,8-12H2,1-2H3,(H,18,22)/t14-,15-/m1/s1. The number of ether oxygens (including phenoxy) is 1. The zero-order valence-corrected chi connectivity index (χ0v) is 14.7. The molecule has 24 heavy (non-hydrogen) atoms. The Bertz CT molecular complexity index is 542. The van der Waals surface area contributed by atoms with Gasteiger partial charge in [0.1, 0.15) is 5.76 Å². The Morgan fingerprint density at radius 2 is 2.38 bits per heavy atom. The topological polar surface area (TPSA) is 70.8 Å². The molecule has 0 unspecified atom stereocenters. The summed E-state index contributed by atoms with van der Waals surface area (Å²) in [4.78, 5) is 20.8. The van der Waals surface area contributed by atoms with Crippen LogP contribution < -0.4 is 5.32 Å². The van der Waals surface area contributed by atoms with Crippen molar-refractivity contribution in [3.8, 4) is 0 Å². The van der Waals surface area contributed by atoms with E-state index < -0.39 is 0 Å². The van der Waals surface area contributed by atoms with Gasteiger partial charge in [-0.15, -0.1) is 0 Å². The van der Waals surface area contributed by atoms with E-state index in [0.717, 1.165) is 57.3 Å². The van der Waals surface area contributed by atoms with Gasteiger partial charge in [-0.1, -0.05) is 0 Å². The van der Waals surface area contributed by atoms with Gasteiger partial charge in [-0.2, -0.15) is 0 Å². The summed E-state index contributed by atoms with van der Waals surface area (Å²) in [7, 11) is 2.09. The number of aromatic nitrogens is 1. The molecule has 134 valence electrons. The summed E-state index contributed by atoms with van der Waals surface area (Å²) in [6.07, 6.45) is 3.88. The lowest BCUT2D eigenvalue weighted by Crippen LogP contribution is -2.40. The highest BCUT2D eigenvalue weighted by atomic mass is 16.5. The minimum Gasteiger partial charge on any atom is -0.445 e. The molecule has 1 aromatic heterocycles. The van der Waals surface area contributed by atoms with Crippen LogP contribution in [-0.4, -0.2) is 73.2 Å². The molecule has 1 aromatic rings. The second-order valence-electron chi connectivity index (χ2n) is 6.99. The third kappa shape index (κ3) is 4.78. The van der Waals surface area contributed by atoms with E-state index in [4.69, 9.17) is 9.15 Å². The fraction of sp³-hybridized carbons (Fsp3) is 0.765. The van der Waals surface area contributed by atoms with Crippen LogP contribution in [-0.2, 0) is 16.1 Å². The van der Waals surface area contributed by atoms with E-state index in [2.05, 4.69) is 27.1 Å². The van der Waals surface area contributed by atoms with Crippen molar-refractivity contribution in [1.29, 1.82) is 0 Å². The van der Waals surface area contributed by atoms with Gasteiger partial charge in [-0.25, -0.2) is 4.98 Å². The molecule has 2 aliphatic rings. The van der Waals surface area contributed by atoms with E-state index in [1.807, 2.05) is 6.92 Å². The highest BCUT2D eigenvalue weighted by Gasteiger charge is 2.27. The van der Waals surface area contributed by atoms with Crippen molar-refractivity contribution in [3.05, 3.63) is 17.8 Å². The van der Waals surface area contributed by atoms with Crippen LogP contribution in [0.3, 0.4) is 0 Å². The van der Waals surface area contributed by atoms with Crippen molar-refractivity contribution >= 4 is 5.91 Å². The number of hydrogen-bond donors (Lipinski definition) is 1. The van der Waals surface area contributed by atoms with E-state index in [9.17, 15) is 4.79 Å². The van der Waals surface area contributed by atoms with E-state index in [0.29, 0.717) is 25.0 Å². The first-order valence-corrected chi connectivity index (χ1v) is 8.78. The summed E-state index contributed by atoms with van der Waals surface area (Å²) in [5.74, 6) is 2.20. The third-order valence-corrected chi connectivity index (χ3v) is 4.90. The second-order valence-corrected chi connectivity index (χ2v) is 6.99. The number of nitrogens with zero attached hydrogens (tertiary/aromatic N) is 3. The summed E-state index contributed by atoms with van der Waals surface area (Å²) in [5.41, 5.74) is 0. The predicted octanol–water partition coefficient (Wildman–Crippen LogP) is 0.642. The van der Waals surface area contributed by atoms with E-state index in [1.54, 1.807) is 6.20 Å². The zero-order valence-electron chi connectivity index (χ0n) is 14.7. The molecule has 2 aliphatic heterocycles. The van der Waals surface area contributed by atoms with Gasteiger partial charge in [0.15, 0.2) is 0 Å². The molecule has 3 heterocycles. The van der Waals surface area contributed by atoms with Crippen LogP contribution in [0.4, 0.5) is 0 Å². The van der Waals surface area contributed by atoms with Gasteiger partial charge in [0.25, 0.3) is 0 Å². The number of rotatable bonds is 7. The molecule has 2 fully saturated rings. The molecule has 3 rings (SSSR count). The summed E-state index contributed by atoms with van der Waals surface area (Å²) < 4.78 is 10.9. The lowest BCUT2D eigenvalue weighted by atomic mass is 10.1. The van der Waals surface area contributed by atoms with Crippen LogP contribution in [0, 0.1) is 12.8 Å². The molecule has 0 radical (unpaired) electrons. The Labute approximate surface area is 143 Å². The summed E-state index contributed by atoms with van der Waals surface area (Å²) in [6.45, 7) is 7.30. The maximum absolute atomic E-state index is 12.1. The molecule has 0 aliphatic carbocycles. The molecular formula is C17H28N4O3. The summed E-state index contributed by atoms with van der Waals surface area (Å²) in [5, 5.41) is 3.04. The van der Waals surface area contributed by atoms with E-state index in [1.165, 1.54) is 0 Å². The Morgan fingerprint density at radius 1 is 1.50 bits per heavy atom. The number of nitrogens with one attached hydrogen (secondary N) is 1. The minimum atomic E-state index is 0.119. The fourth-order valence-corrected chi connectivity index (χ4v) is 3.39. The largest absolute Gasteiger partial charge is 0.445 e. The first-order valence-electron chi connectivity index (χ1n) is 8.78. The molecule has 2 saturated heterocycles. The SMILES string of the molecule is Cc1cnc(CN(C)[C@@H]2CCN(CC(=O)NC[C@H]3CCOC3)C2)o1. The van der Waals surface area contributed by atoms with Crippen molar-refractivity contribution in [1.82, 2.24) is 20.1 Å². The first-order chi connectivity index (χ1) is 11.6. The van der Waals surface area contributed by atoms with Crippen LogP contribution >= 0.6 is 0 Å². The lowest BCUT2D eigenvalue weighted by molar-refractivity contribution is -0.122. The van der Waals surface area contributed by atoms with Crippen LogP contribution in [0.5, 0.6) is 0 Å². The number of carbonyl (C=O) groups is 1. The molecule has 0 spiro atoms. The van der Waals surface area contributed by atoms with Crippen LogP contribution in [0.2, 0.25) is 0 Å². The Kier molecular flexibility index (Phi) is 5.86. The van der Waals surface area contributed by atoms with Gasteiger partial charge in [-0.3, -0.25) is 14.6 Å². The second kappa shape index (κ2) is 8.09. The molecule has 0 aromatic carbocycles. The molecule has 1 N–H and O–H groups in total. The number of carbonyl (C=O) groups excluding carboxylic acids is 1. The number of likely N-dealkylation sites (N-methyl/N-ethyl adjacent to an activating group) is 1. The van der Waals surface area contributed by atoms with Gasteiger partial charge in [0.05, 0.1) is 25.9 Å². The van der Waals surface area contributed by atoms with Crippen LogP contribution in [0.15, 0.2) is 10.6 Å². The molecule has 2 atom stereocenters.